The van der Waals surface area contributed by atoms with Crippen molar-refractivity contribution in [3.63, 3.8) is 0 Å². The predicted molar refractivity (Wildman–Crippen MR) is 45.8 cm³/mol. The van der Waals surface area contributed by atoms with Gasteiger partial charge in [0.15, 0.2) is 0 Å². The van der Waals surface area contributed by atoms with E-state index in [0.717, 1.165) is 26.2 Å². The summed E-state index contributed by atoms with van der Waals surface area (Å²) in [6.07, 6.45) is 4.54. The molecule has 1 heterocycles. The van der Waals surface area contributed by atoms with Crippen LogP contribution in [-0.2, 0) is 0 Å². The maximum atomic E-state index is 5.37. The fourth-order valence-corrected chi connectivity index (χ4v) is 0.926. The van der Waals surface area contributed by atoms with Crippen LogP contribution in [0.25, 0.3) is 0 Å². The van der Waals surface area contributed by atoms with Crippen LogP contribution in [0.5, 0.6) is 0 Å². The summed E-state index contributed by atoms with van der Waals surface area (Å²) in [6.45, 7) is 6.14. The van der Waals surface area contributed by atoms with Crippen molar-refractivity contribution in [1.29, 1.82) is 0 Å². The van der Waals surface area contributed by atoms with E-state index < -0.39 is 0 Å². The molecular formula is C7H14N4. The summed E-state index contributed by atoms with van der Waals surface area (Å²) in [5.74, 6) is 0. The Morgan fingerprint density at radius 3 is 3.09 bits per heavy atom. The zero-order valence-electron chi connectivity index (χ0n) is 6.61. The second-order valence-corrected chi connectivity index (χ2v) is 2.45. The smallest absolute Gasteiger partial charge is 0.113 e. The Morgan fingerprint density at radius 1 is 1.73 bits per heavy atom. The van der Waals surface area contributed by atoms with E-state index in [1.54, 1.807) is 11.2 Å². The van der Waals surface area contributed by atoms with Gasteiger partial charge in [-0.15, -0.1) is 0 Å². The molecule has 0 bridgehead atoms. The van der Waals surface area contributed by atoms with Crippen LogP contribution in [0, 0.1) is 0 Å². The van der Waals surface area contributed by atoms with Gasteiger partial charge in [-0.05, 0) is 13.0 Å². The topological polar surface area (TPSA) is 44.9 Å². The summed E-state index contributed by atoms with van der Waals surface area (Å²) in [5.41, 5.74) is 5.37. The molecule has 0 fully saturated rings. The molecule has 0 saturated carbocycles. The maximum absolute atomic E-state index is 5.37. The summed E-state index contributed by atoms with van der Waals surface area (Å²) in [7, 11) is 0. The van der Waals surface area contributed by atoms with Crippen LogP contribution in [0.15, 0.2) is 17.9 Å². The van der Waals surface area contributed by atoms with Crippen LogP contribution in [-0.4, -0.2) is 36.0 Å². The average molecular weight is 154 g/mol. The fourth-order valence-electron chi connectivity index (χ4n) is 0.926. The van der Waals surface area contributed by atoms with E-state index in [2.05, 4.69) is 16.6 Å². The van der Waals surface area contributed by atoms with Crippen molar-refractivity contribution in [3.05, 3.63) is 12.8 Å². The lowest BCUT2D eigenvalue weighted by atomic mass is 10.4. The standard InChI is InChI=1S/C7H14N4/c1-2-11-7-10(6-9-11)5-3-4-8/h2,6H,1,3-5,7-8H2. The van der Waals surface area contributed by atoms with Crippen LogP contribution in [0.2, 0.25) is 0 Å². The molecule has 0 amide bonds. The van der Waals surface area contributed by atoms with Gasteiger partial charge in [-0.25, -0.2) is 0 Å². The van der Waals surface area contributed by atoms with Crippen molar-refractivity contribution >= 4 is 6.34 Å². The zero-order chi connectivity index (χ0) is 8.10. The third-order valence-corrected chi connectivity index (χ3v) is 1.55. The van der Waals surface area contributed by atoms with Crippen molar-refractivity contribution in [2.75, 3.05) is 19.8 Å². The molecule has 0 spiro atoms. The van der Waals surface area contributed by atoms with Crippen LogP contribution < -0.4 is 5.73 Å². The van der Waals surface area contributed by atoms with Gasteiger partial charge in [0, 0.05) is 12.7 Å². The first kappa shape index (κ1) is 8.07. The van der Waals surface area contributed by atoms with Gasteiger partial charge in [-0.3, -0.25) is 5.01 Å². The van der Waals surface area contributed by atoms with Gasteiger partial charge >= 0.3 is 0 Å². The number of nitrogens with zero attached hydrogens (tertiary/aromatic N) is 3. The zero-order valence-corrected chi connectivity index (χ0v) is 6.61. The van der Waals surface area contributed by atoms with Crippen LogP contribution in [0.3, 0.4) is 0 Å². The number of hydrogen-bond acceptors (Lipinski definition) is 4. The van der Waals surface area contributed by atoms with Crippen LogP contribution in [0.1, 0.15) is 6.42 Å². The van der Waals surface area contributed by atoms with Gasteiger partial charge in [0.05, 0.1) is 0 Å². The molecule has 0 unspecified atom stereocenters. The lowest BCUT2D eigenvalue weighted by molar-refractivity contribution is 0.304. The van der Waals surface area contributed by atoms with E-state index in [1.165, 1.54) is 0 Å². The highest BCUT2D eigenvalue weighted by atomic mass is 15.6. The molecule has 62 valence electrons. The Hall–Kier alpha value is -1.03. The summed E-state index contributed by atoms with van der Waals surface area (Å²) < 4.78 is 0. The normalized spacial score (nSPS) is 16.1. The Bertz CT molecular complexity index is 155. The molecule has 0 saturated heterocycles. The highest BCUT2D eigenvalue weighted by Crippen LogP contribution is 2.01. The molecule has 1 aliphatic heterocycles. The molecule has 2 N–H and O–H groups in total. The molecular weight excluding hydrogens is 140 g/mol. The van der Waals surface area contributed by atoms with Gasteiger partial charge in [0.1, 0.15) is 13.0 Å². The number of hydrogen-bond donors (Lipinski definition) is 1. The molecule has 1 aliphatic rings. The van der Waals surface area contributed by atoms with Gasteiger partial charge in [0.25, 0.3) is 0 Å². The predicted octanol–water partition coefficient (Wildman–Crippen LogP) is -0.00290. The van der Waals surface area contributed by atoms with E-state index in [1.807, 2.05) is 6.34 Å². The Morgan fingerprint density at radius 2 is 2.55 bits per heavy atom. The third-order valence-electron chi connectivity index (χ3n) is 1.55. The molecule has 0 atom stereocenters. The molecule has 0 aromatic heterocycles. The second kappa shape index (κ2) is 3.98. The minimum Gasteiger partial charge on any atom is -0.342 e. The van der Waals surface area contributed by atoms with Crippen molar-refractivity contribution in [3.8, 4) is 0 Å². The quantitative estimate of drug-likeness (QED) is 0.619. The molecule has 1 rings (SSSR count). The third kappa shape index (κ3) is 2.23. The van der Waals surface area contributed by atoms with E-state index in [-0.39, 0.29) is 0 Å². The molecule has 0 aromatic carbocycles. The summed E-state index contributed by atoms with van der Waals surface area (Å²) in [5, 5.41) is 5.85. The van der Waals surface area contributed by atoms with Crippen molar-refractivity contribution < 1.29 is 0 Å². The molecule has 4 nitrogen and oxygen atoms in total. The molecule has 0 aromatic rings. The van der Waals surface area contributed by atoms with Crippen LogP contribution in [0.4, 0.5) is 0 Å². The van der Waals surface area contributed by atoms with E-state index in [0.29, 0.717) is 0 Å². The molecule has 4 heteroatoms. The van der Waals surface area contributed by atoms with E-state index in [9.17, 15) is 0 Å². The first-order chi connectivity index (χ1) is 5.36. The van der Waals surface area contributed by atoms with Crippen molar-refractivity contribution in [2.45, 2.75) is 6.42 Å². The van der Waals surface area contributed by atoms with E-state index >= 15 is 0 Å². The first-order valence-electron chi connectivity index (χ1n) is 3.74. The Balaban J connectivity index is 2.20. The average Bonchev–Trinajstić information content (AvgIpc) is 2.48. The monoisotopic (exact) mass is 154 g/mol. The minimum atomic E-state index is 0.735. The summed E-state index contributed by atoms with van der Waals surface area (Å²) >= 11 is 0. The van der Waals surface area contributed by atoms with Gasteiger partial charge in [-0.2, -0.15) is 5.10 Å². The highest BCUT2D eigenvalue weighted by molar-refractivity contribution is 5.56. The molecule has 0 aliphatic carbocycles. The van der Waals surface area contributed by atoms with Gasteiger partial charge < -0.3 is 10.6 Å². The number of hydrazone groups is 1. The van der Waals surface area contributed by atoms with Gasteiger partial charge in [-0.1, -0.05) is 6.58 Å². The number of nitrogens with two attached hydrogens (primary N) is 1. The minimum absolute atomic E-state index is 0.735. The largest absolute Gasteiger partial charge is 0.342 e. The van der Waals surface area contributed by atoms with Crippen molar-refractivity contribution in [2.24, 2.45) is 10.8 Å². The SMILES string of the molecule is C=CN1CN(CCCN)C=N1. The lowest BCUT2D eigenvalue weighted by Gasteiger charge is -2.14. The lowest BCUT2D eigenvalue weighted by Crippen LogP contribution is -2.26. The Kier molecular flexibility index (Phi) is 2.92. The summed E-state index contributed by atoms with van der Waals surface area (Å²) in [6, 6.07) is 0. The number of rotatable bonds is 4. The fraction of sp³-hybridized carbons (Fsp3) is 0.571. The molecule has 0 radical (unpaired) electrons. The first-order valence-corrected chi connectivity index (χ1v) is 3.74. The second-order valence-electron chi connectivity index (χ2n) is 2.45. The Labute approximate surface area is 67.0 Å². The molecule has 11 heavy (non-hydrogen) atoms. The van der Waals surface area contributed by atoms with Crippen molar-refractivity contribution in [1.82, 2.24) is 9.91 Å². The highest BCUT2D eigenvalue weighted by Gasteiger charge is 2.08. The van der Waals surface area contributed by atoms with E-state index in [4.69, 9.17) is 5.73 Å². The van der Waals surface area contributed by atoms with Crippen LogP contribution >= 0.6 is 0 Å². The maximum Gasteiger partial charge on any atom is 0.113 e. The summed E-state index contributed by atoms with van der Waals surface area (Å²) in [4.78, 5) is 2.11. The van der Waals surface area contributed by atoms with Gasteiger partial charge in [0.2, 0.25) is 0 Å².